The van der Waals surface area contributed by atoms with Crippen LogP contribution in [0.5, 0.6) is 0 Å². The summed E-state index contributed by atoms with van der Waals surface area (Å²) in [7, 11) is 0. The molecule has 29 heavy (non-hydrogen) atoms. The summed E-state index contributed by atoms with van der Waals surface area (Å²) in [5.41, 5.74) is 3.11. The lowest BCUT2D eigenvalue weighted by Crippen LogP contribution is -2.37. The number of morpholine rings is 1. The van der Waals surface area contributed by atoms with E-state index in [0.29, 0.717) is 48.7 Å². The van der Waals surface area contributed by atoms with Crippen molar-refractivity contribution < 1.29 is 13.9 Å². The number of aromatic amines is 1. The molecular weight excluding hydrogens is 393 g/mol. The number of hydrogen-bond acceptors (Lipinski definition) is 6. The summed E-state index contributed by atoms with van der Waals surface area (Å²) in [6, 6.07) is 8.16. The topological polar surface area (TPSA) is 76.0 Å². The van der Waals surface area contributed by atoms with Crippen LogP contribution < -0.4 is 4.90 Å². The zero-order valence-corrected chi connectivity index (χ0v) is 17.1. The highest BCUT2D eigenvalue weighted by Gasteiger charge is 2.23. The molecule has 0 unspecified atom stereocenters. The first-order valence-electron chi connectivity index (χ1n) is 9.39. The molecule has 2 aromatic heterocycles. The first kappa shape index (κ1) is 19.7. The van der Waals surface area contributed by atoms with E-state index < -0.39 is 0 Å². The summed E-state index contributed by atoms with van der Waals surface area (Å²) >= 11 is 1.30. The molecule has 1 N–H and O–H groups in total. The zero-order chi connectivity index (χ0) is 20.4. The van der Waals surface area contributed by atoms with E-state index in [1.807, 2.05) is 30.5 Å². The lowest BCUT2D eigenvalue weighted by atomic mass is 10.2. The van der Waals surface area contributed by atoms with Gasteiger partial charge in [-0.15, -0.1) is 10.2 Å². The molecule has 0 saturated carbocycles. The Kier molecular flexibility index (Phi) is 5.68. The number of aryl methyl sites for hydroxylation is 2. The van der Waals surface area contributed by atoms with Crippen LogP contribution in [0.1, 0.15) is 21.7 Å². The minimum atomic E-state index is -0.338. The van der Waals surface area contributed by atoms with Crippen molar-refractivity contribution in [3.05, 3.63) is 53.1 Å². The number of nitrogens with zero attached hydrogens (tertiary/aromatic N) is 4. The molecule has 0 bridgehead atoms. The van der Waals surface area contributed by atoms with Gasteiger partial charge in [-0.05, 0) is 38.1 Å². The van der Waals surface area contributed by atoms with Gasteiger partial charge in [-0.2, -0.15) is 0 Å². The van der Waals surface area contributed by atoms with Crippen LogP contribution in [-0.4, -0.2) is 57.6 Å². The molecule has 1 aromatic carbocycles. The number of benzene rings is 1. The summed E-state index contributed by atoms with van der Waals surface area (Å²) in [5.74, 6) is 0.518. The first-order chi connectivity index (χ1) is 14.0. The lowest BCUT2D eigenvalue weighted by molar-refractivity contribution is 0.102. The van der Waals surface area contributed by atoms with E-state index in [1.165, 1.54) is 23.9 Å². The Labute approximate surface area is 172 Å². The Morgan fingerprint density at radius 2 is 2.03 bits per heavy atom. The summed E-state index contributed by atoms with van der Waals surface area (Å²) in [6.45, 7) is 6.37. The first-order valence-corrected chi connectivity index (χ1v) is 10.4. The average molecular weight is 415 g/mol. The highest BCUT2D eigenvalue weighted by atomic mass is 32.2. The zero-order valence-electron chi connectivity index (χ0n) is 16.3. The quantitative estimate of drug-likeness (QED) is 0.492. The van der Waals surface area contributed by atoms with Crippen LogP contribution in [0.15, 0.2) is 35.5 Å². The number of rotatable bonds is 6. The van der Waals surface area contributed by atoms with Crippen molar-refractivity contribution >= 4 is 23.5 Å². The minimum absolute atomic E-state index is 0.0126. The number of aromatic nitrogens is 4. The maximum atomic E-state index is 13.9. The second-order valence-electron chi connectivity index (χ2n) is 6.90. The van der Waals surface area contributed by atoms with Gasteiger partial charge in [-0.3, -0.25) is 9.36 Å². The van der Waals surface area contributed by atoms with Gasteiger partial charge >= 0.3 is 0 Å². The standard InChI is InChI=1S/C20H22FN5O2S/c1-13-10-17(14(2)22-13)18(27)12-29-20-24-23-19(25-6-8-28-9-7-25)26(20)16-5-3-4-15(21)11-16/h3-5,10-11,22H,6-9,12H2,1-2H3. The van der Waals surface area contributed by atoms with E-state index in [4.69, 9.17) is 4.74 Å². The monoisotopic (exact) mass is 415 g/mol. The Morgan fingerprint density at radius 1 is 1.24 bits per heavy atom. The predicted molar refractivity (Wildman–Crippen MR) is 110 cm³/mol. The van der Waals surface area contributed by atoms with Crippen LogP contribution in [0.2, 0.25) is 0 Å². The number of carbonyl (C=O) groups is 1. The van der Waals surface area contributed by atoms with E-state index in [0.717, 1.165) is 11.4 Å². The fourth-order valence-corrected chi connectivity index (χ4v) is 4.22. The molecule has 1 aliphatic rings. The van der Waals surface area contributed by atoms with Crippen LogP contribution >= 0.6 is 11.8 Å². The van der Waals surface area contributed by atoms with E-state index in [9.17, 15) is 9.18 Å². The summed E-state index contributed by atoms with van der Waals surface area (Å²) in [4.78, 5) is 17.9. The third-order valence-corrected chi connectivity index (χ3v) is 5.69. The van der Waals surface area contributed by atoms with Crippen LogP contribution in [0, 0.1) is 19.7 Å². The molecule has 0 amide bonds. The van der Waals surface area contributed by atoms with Crippen LogP contribution in [-0.2, 0) is 4.74 Å². The molecule has 0 aliphatic carbocycles. The number of Topliss-reactive ketones (excluding diaryl/α,β-unsaturated/α-hetero) is 1. The SMILES string of the molecule is Cc1cc(C(=O)CSc2nnc(N3CCOCC3)n2-c2cccc(F)c2)c(C)[nH]1. The maximum Gasteiger partial charge on any atom is 0.232 e. The number of halogens is 1. The second kappa shape index (κ2) is 8.38. The number of nitrogens with one attached hydrogen (secondary N) is 1. The summed E-state index contributed by atoms with van der Waals surface area (Å²) in [5, 5.41) is 9.19. The molecule has 1 saturated heterocycles. The third-order valence-electron chi connectivity index (χ3n) is 4.76. The molecule has 152 valence electrons. The molecule has 4 rings (SSSR count). The van der Waals surface area contributed by atoms with E-state index in [2.05, 4.69) is 20.1 Å². The van der Waals surface area contributed by atoms with Gasteiger partial charge in [-0.1, -0.05) is 17.8 Å². The van der Waals surface area contributed by atoms with Gasteiger partial charge in [0.2, 0.25) is 5.95 Å². The van der Waals surface area contributed by atoms with E-state index >= 15 is 0 Å². The molecular formula is C20H22FN5O2S. The van der Waals surface area contributed by atoms with E-state index in [1.54, 1.807) is 6.07 Å². The van der Waals surface area contributed by atoms with Gasteiger partial charge in [0.15, 0.2) is 10.9 Å². The highest BCUT2D eigenvalue weighted by Crippen LogP contribution is 2.28. The number of anilines is 1. The van der Waals surface area contributed by atoms with Crippen molar-refractivity contribution in [1.29, 1.82) is 0 Å². The maximum absolute atomic E-state index is 13.9. The van der Waals surface area contributed by atoms with Gasteiger partial charge in [0, 0.05) is 30.0 Å². The summed E-state index contributed by atoms with van der Waals surface area (Å²) < 4.78 is 21.1. The molecule has 0 atom stereocenters. The van der Waals surface area contributed by atoms with Gasteiger partial charge in [0.1, 0.15) is 5.82 Å². The Balaban J connectivity index is 1.63. The molecule has 7 nitrogen and oxygen atoms in total. The van der Waals surface area contributed by atoms with Gasteiger partial charge < -0.3 is 14.6 Å². The van der Waals surface area contributed by atoms with Crippen LogP contribution in [0.25, 0.3) is 5.69 Å². The van der Waals surface area contributed by atoms with Crippen LogP contribution in [0.4, 0.5) is 10.3 Å². The second-order valence-corrected chi connectivity index (χ2v) is 7.84. The average Bonchev–Trinajstić information content (AvgIpc) is 3.29. The van der Waals surface area contributed by atoms with Gasteiger partial charge in [-0.25, -0.2) is 4.39 Å². The molecule has 9 heteroatoms. The van der Waals surface area contributed by atoms with Crippen LogP contribution in [0.3, 0.4) is 0 Å². The molecule has 0 radical (unpaired) electrons. The van der Waals surface area contributed by atoms with Crippen molar-refractivity contribution in [3.8, 4) is 5.69 Å². The van der Waals surface area contributed by atoms with E-state index in [-0.39, 0.29) is 17.4 Å². The van der Waals surface area contributed by atoms with Gasteiger partial charge in [0.05, 0.1) is 24.7 Å². The normalized spacial score (nSPS) is 14.4. The highest BCUT2D eigenvalue weighted by molar-refractivity contribution is 7.99. The smallest absolute Gasteiger partial charge is 0.232 e. The van der Waals surface area contributed by atoms with Crippen molar-refractivity contribution in [3.63, 3.8) is 0 Å². The lowest BCUT2D eigenvalue weighted by Gasteiger charge is -2.27. The minimum Gasteiger partial charge on any atom is -0.378 e. The molecule has 3 heterocycles. The Hall–Kier alpha value is -2.65. The largest absolute Gasteiger partial charge is 0.378 e. The van der Waals surface area contributed by atoms with Crippen molar-refractivity contribution in [1.82, 2.24) is 19.7 Å². The fourth-order valence-electron chi connectivity index (χ4n) is 3.39. The number of ketones is 1. The fraction of sp³-hybridized carbons (Fsp3) is 0.350. The summed E-state index contributed by atoms with van der Waals surface area (Å²) in [6.07, 6.45) is 0. The third kappa shape index (κ3) is 4.20. The Morgan fingerprint density at radius 3 is 2.72 bits per heavy atom. The van der Waals surface area contributed by atoms with Crippen molar-refractivity contribution in [2.75, 3.05) is 37.0 Å². The molecule has 1 fully saturated rings. The number of carbonyl (C=O) groups excluding carboxylic acids is 1. The van der Waals surface area contributed by atoms with Crippen molar-refractivity contribution in [2.24, 2.45) is 0 Å². The van der Waals surface area contributed by atoms with Crippen molar-refractivity contribution in [2.45, 2.75) is 19.0 Å². The molecule has 3 aromatic rings. The number of hydrogen-bond donors (Lipinski definition) is 1. The molecule has 1 aliphatic heterocycles. The number of ether oxygens (including phenoxy) is 1. The Bertz CT molecular complexity index is 1030. The predicted octanol–water partition coefficient (Wildman–Crippen LogP) is 3.16. The van der Waals surface area contributed by atoms with Gasteiger partial charge in [0.25, 0.3) is 0 Å². The number of thioether (sulfide) groups is 1. The molecule has 0 spiro atoms. The number of H-pyrrole nitrogens is 1.